The van der Waals surface area contributed by atoms with E-state index in [2.05, 4.69) is 54.6 Å². The highest BCUT2D eigenvalue weighted by molar-refractivity contribution is 5.75. The average molecular weight is 373 g/mol. The Morgan fingerprint density at radius 3 is 2.11 bits per heavy atom. The molecule has 0 aliphatic rings. The quantitative estimate of drug-likeness (QED) is 0.591. The number of aliphatic imine (C=N–C) groups is 1. The Labute approximate surface area is 168 Å². The molecule has 0 aromatic heterocycles. The molecule has 0 saturated carbocycles. The molecule has 2 rings (SSSR count). The topological polar surface area (TPSA) is 60.2 Å². The van der Waals surface area contributed by atoms with Crippen molar-refractivity contribution in [1.29, 1.82) is 5.26 Å². The third-order valence-corrected chi connectivity index (χ3v) is 4.28. The second-order valence-corrected chi connectivity index (χ2v) is 7.19. The Kier molecular flexibility index (Phi) is 7.17. The number of hydrogen-bond donors (Lipinski definition) is 2. The lowest BCUT2D eigenvalue weighted by atomic mass is 10.0. The Morgan fingerprint density at radius 1 is 0.964 bits per heavy atom. The van der Waals surface area contributed by atoms with Crippen molar-refractivity contribution in [1.82, 2.24) is 0 Å². The van der Waals surface area contributed by atoms with Gasteiger partial charge in [0.25, 0.3) is 0 Å². The maximum absolute atomic E-state index is 8.90. The molecule has 0 unspecified atom stereocenters. The molecule has 0 radical (unpaired) electrons. The first-order valence-corrected chi connectivity index (χ1v) is 9.30. The van der Waals surface area contributed by atoms with Gasteiger partial charge in [0.1, 0.15) is 5.82 Å². The molecule has 0 fully saturated rings. The van der Waals surface area contributed by atoms with E-state index in [0.29, 0.717) is 5.56 Å². The van der Waals surface area contributed by atoms with Gasteiger partial charge in [-0.15, -0.1) is 0 Å². The standard InChI is InChI=1S/C24H28N4/c1-16(2)24(28-22-9-7-21(15-25)8-10-22)26-12-11-20(6)27-23-18(4)13-17(3)14-19(23)5/h7-14,27-28H,1-6H3/b20-11+,26-12-. The smallest absolute Gasteiger partial charge is 0.128 e. The Hall–Kier alpha value is -3.32. The van der Waals surface area contributed by atoms with Crippen molar-refractivity contribution < 1.29 is 0 Å². The summed E-state index contributed by atoms with van der Waals surface area (Å²) in [7, 11) is 0. The first-order valence-electron chi connectivity index (χ1n) is 9.30. The summed E-state index contributed by atoms with van der Waals surface area (Å²) in [6, 6.07) is 13.8. The lowest BCUT2D eigenvalue weighted by Crippen LogP contribution is -2.02. The van der Waals surface area contributed by atoms with Gasteiger partial charge in [0, 0.05) is 23.3 Å². The van der Waals surface area contributed by atoms with Crippen LogP contribution in [0.15, 0.2) is 64.6 Å². The van der Waals surface area contributed by atoms with Crippen molar-refractivity contribution in [2.24, 2.45) is 4.99 Å². The molecule has 0 spiro atoms. The number of nitrogens with zero attached hydrogens (tertiary/aromatic N) is 2. The Balaban J connectivity index is 2.11. The highest BCUT2D eigenvalue weighted by Crippen LogP contribution is 2.23. The molecule has 2 N–H and O–H groups in total. The lowest BCUT2D eigenvalue weighted by molar-refractivity contribution is 1.20. The van der Waals surface area contributed by atoms with Crippen LogP contribution >= 0.6 is 0 Å². The van der Waals surface area contributed by atoms with Crippen molar-refractivity contribution in [2.75, 3.05) is 10.6 Å². The van der Waals surface area contributed by atoms with Crippen molar-refractivity contribution in [3.05, 3.63) is 81.8 Å². The van der Waals surface area contributed by atoms with Crippen LogP contribution in [0.5, 0.6) is 0 Å². The van der Waals surface area contributed by atoms with E-state index in [-0.39, 0.29) is 0 Å². The van der Waals surface area contributed by atoms with Gasteiger partial charge in [-0.25, -0.2) is 4.99 Å². The first-order chi connectivity index (χ1) is 13.3. The van der Waals surface area contributed by atoms with Crippen molar-refractivity contribution in [3.8, 4) is 6.07 Å². The molecule has 0 aliphatic heterocycles. The number of rotatable bonds is 6. The minimum Gasteiger partial charge on any atom is -0.359 e. The van der Waals surface area contributed by atoms with E-state index in [1.807, 2.05) is 39.0 Å². The molecular weight excluding hydrogens is 344 g/mol. The summed E-state index contributed by atoms with van der Waals surface area (Å²) in [5.74, 6) is 0.788. The fourth-order valence-corrected chi connectivity index (χ4v) is 2.89. The molecule has 0 saturated heterocycles. The summed E-state index contributed by atoms with van der Waals surface area (Å²) in [6.07, 6.45) is 3.75. The zero-order chi connectivity index (χ0) is 20.7. The van der Waals surface area contributed by atoms with Crippen molar-refractivity contribution >= 4 is 17.6 Å². The lowest BCUT2D eigenvalue weighted by Gasteiger charge is -2.14. The average Bonchev–Trinajstić information content (AvgIpc) is 2.64. The zero-order valence-corrected chi connectivity index (χ0v) is 17.5. The highest BCUT2D eigenvalue weighted by Gasteiger charge is 2.03. The third kappa shape index (κ3) is 5.85. The molecule has 0 bridgehead atoms. The summed E-state index contributed by atoms with van der Waals surface area (Å²) >= 11 is 0. The fourth-order valence-electron chi connectivity index (χ4n) is 2.89. The van der Waals surface area contributed by atoms with E-state index in [4.69, 9.17) is 5.26 Å². The summed E-state index contributed by atoms with van der Waals surface area (Å²) < 4.78 is 0. The van der Waals surface area contributed by atoms with Crippen LogP contribution in [-0.2, 0) is 0 Å². The van der Waals surface area contributed by atoms with Gasteiger partial charge in [0.15, 0.2) is 0 Å². The fraction of sp³-hybridized carbons (Fsp3) is 0.250. The third-order valence-electron chi connectivity index (χ3n) is 4.28. The molecule has 0 amide bonds. The number of benzene rings is 2. The van der Waals surface area contributed by atoms with E-state index in [1.54, 1.807) is 18.3 Å². The van der Waals surface area contributed by atoms with E-state index in [9.17, 15) is 0 Å². The van der Waals surface area contributed by atoms with E-state index >= 15 is 0 Å². The van der Waals surface area contributed by atoms with Gasteiger partial charge >= 0.3 is 0 Å². The van der Waals surface area contributed by atoms with Crippen molar-refractivity contribution in [3.63, 3.8) is 0 Å². The second-order valence-electron chi connectivity index (χ2n) is 7.19. The monoisotopic (exact) mass is 372 g/mol. The van der Waals surface area contributed by atoms with Crippen LogP contribution in [0.25, 0.3) is 0 Å². The van der Waals surface area contributed by atoms with Crippen LogP contribution in [0, 0.1) is 32.1 Å². The predicted molar refractivity (Wildman–Crippen MR) is 120 cm³/mol. The number of aryl methyl sites for hydroxylation is 3. The minimum absolute atomic E-state index is 0.638. The normalized spacial score (nSPS) is 11.2. The molecular formula is C24H28N4. The van der Waals surface area contributed by atoms with Gasteiger partial charge in [-0.3, -0.25) is 0 Å². The van der Waals surface area contributed by atoms with Crippen LogP contribution < -0.4 is 10.6 Å². The summed E-state index contributed by atoms with van der Waals surface area (Å²) in [5, 5.41) is 15.7. The first kappa shape index (κ1) is 21.0. The number of allylic oxidation sites excluding steroid dienone is 3. The van der Waals surface area contributed by atoms with Gasteiger partial charge in [0.05, 0.1) is 11.6 Å². The SMILES string of the molecule is CC(C)=C(/N=C\C=C(/C)Nc1c(C)cc(C)cc1C)Nc1ccc(C#N)cc1. The molecule has 2 aromatic carbocycles. The van der Waals surface area contributed by atoms with E-state index < -0.39 is 0 Å². The van der Waals surface area contributed by atoms with Gasteiger partial charge in [-0.05, 0) is 88.6 Å². The van der Waals surface area contributed by atoms with Gasteiger partial charge < -0.3 is 10.6 Å². The van der Waals surface area contributed by atoms with Crippen LogP contribution in [0.4, 0.5) is 11.4 Å². The Bertz CT molecular complexity index is 944. The summed E-state index contributed by atoms with van der Waals surface area (Å²) in [4.78, 5) is 4.56. The zero-order valence-electron chi connectivity index (χ0n) is 17.5. The Morgan fingerprint density at radius 2 is 1.57 bits per heavy atom. The van der Waals surface area contributed by atoms with Crippen LogP contribution in [0.1, 0.15) is 43.0 Å². The van der Waals surface area contributed by atoms with Gasteiger partial charge in [-0.1, -0.05) is 17.7 Å². The second kappa shape index (κ2) is 9.57. The number of hydrogen-bond acceptors (Lipinski definition) is 4. The predicted octanol–water partition coefficient (Wildman–Crippen LogP) is 6.23. The van der Waals surface area contributed by atoms with Gasteiger partial charge in [0.2, 0.25) is 0 Å². The molecule has 2 aromatic rings. The molecule has 0 atom stereocenters. The number of anilines is 2. The largest absolute Gasteiger partial charge is 0.359 e. The van der Waals surface area contributed by atoms with Gasteiger partial charge in [-0.2, -0.15) is 5.26 Å². The molecule has 144 valence electrons. The van der Waals surface area contributed by atoms with Crippen LogP contribution in [0.2, 0.25) is 0 Å². The molecule has 4 nitrogen and oxygen atoms in total. The maximum Gasteiger partial charge on any atom is 0.128 e. The number of nitrogens with one attached hydrogen (secondary N) is 2. The van der Waals surface area contributed by atoms with Crippen LogP contribution in [-0.4, -0.2) is 6.21 Å². The number of nitriles is 1. The molecule has 28 heavy (non-hydrogen) atoms. The van der Waals surface area contributed by atoms with E-state index in [0.717, 1.165) is 28.5 Å². The van der Waals surface area contributed by atoms with Crippen LogP contribution in [0.3, 0.4) is 0 Å². The van der Waals surface area contributed by atoms with E-state index in [1.165, 1.54) is 16.7 Å². The molecule has 0 heterocycles. The molecule has 4 heteroatoms. The minimum atomic E-state index is 0.638. The summed E-state index contributed by atoms with van der Waals surface area (Å²) in [5.41, 5.74) is 8.51. The van der Waals surface area contributed by atoms with Crippen molar-refractivity contribution in [2.45, 2.75) is 41.5 Å². The highest BCUT2D eigenvalue weighted by atomic mass is 15.0. The molecule has 0 aliphatic carbocycles. The summed E-state index contributed by atoms with van der Waals surface area (Å²) in [6.45, 7) is 12.4. The maximum atomic E-state index is 8.90.